The molecule has 92 valence electrons. The number of hydrogen-bond donors (Lipinski definition) is 1. The summed E-state index contributed by atoms with van der Waals surface area (Å²) in [5.74, 6) is -0.379. The van der Waals surface area contributed by atoms with Crippen LogP contribution in [0.5, 0.6) is 5.75 Å². The molecule has 0 spiro atoms. The van der Waals surface area contributed by atoms with Crippen molar-refractivity contribution < 1.29 is 17.9 Å². The van der Waals surface area contributed by atoms with E-state index in [-0.39, 0.29) is 16.7 Å². The van der Waals surface area contributed by atoms with Crippen molar-refractivity contribution in [1.82, 2.24) is 9.78 Å². The molecule has 0 saturated heterocycles. The van der Waals surface area contributed by atoms with Gasteiger partial charge in [0.15, 0.2) is 5.75 Å². The quantitative estimate of drug-likeness (QED) is 0.883. The molecule has 2 aromatic rings. The van der Waals surface area contributed by atoms with Crippen molar-refractivity contribution in [2.24, 2.45) is 0 Å². The number of H-pyrrole nitrogens is 1. The fourth-order valence-electron chi connectivity index (χ4n) is 1.67. The predicted octanol–water partition coefficient (Wildman–Crippen LogP) is 2.25. The Balaban J connectivity index is 2.67. The lowest BCUT2D eigenvalue weighted by atomic mass is 10.2. The van der Waals surface area contributed by atoms with E-state index < -0.39 is 11.9 Å². The maximum atomic E-state index is 12.2. The molecule has 7 heteroatoms. The highest BCUT2D eigenvalue weighted by Crippen LogP contribution is 2.28. The lowest BCUT2D eigenvalue weighted by Gasteiger charge is -2.11. The first kappa shape index (κ1) is 11.6. The first-order valence-electron chi connectivity index (χ1n) is 4.89. The number of para-hydroxylation sites is 1. The molecule has 0 bridgehead atoms. The zero-order valence-corrected chi connectivity index (χ0v) is 8.84. The van der Waals surface area contributed by atoms with Crippen molar-refractivity contribution in [1.29, 1.82) is 0 Å². The summed E-state index contributed by atoms with van der Waals surface area (Å²) in [5.41, 5.74) is -0.313. The summed E-state index contributed by atoms with van der Waals surface area (Å²) in [5, 5.41) is 2.62. The van der Waals surface area contributed by atoms with E-state index in [1.54, 1.807) is 6.92 Å². The summed E-state index contributed by atoms with van der Waals surface area (Å²) >= 11 is 0. The number of rotatable bonds is 2. The lowest BCUT2D eigenvalue weighted by Crippen LogP contribution is -2.17. The predicted molar refractivity (Wildman–Crippen MR) is 54.9 cm³/mol. The summed E-state index contributed by atoms with van der Waals surface area (Å²) < 4.78 is 41.8. The van der Waals surface area contributed by atoms with Crippen LogP contribution in [0.1, 0.15) is 6.92 Å². The summed E-state index contributed by atoms with van der Waals surface area (Å²) in [4.78, 5) is 11.5. The topological polar surface area (TPSA) is 47.0 Å². The largest absolute Gasteiger partial charge is 0.573 e. The van der Waals surface area contributed by atoms with Gasteiger partial charge in [0.05, 0.1) is 5.39 Å². The fourth-order valence-corrected chi connectivity index (χ4v) is 1.67. The first-order valence-corrected chi connectivity index (χ1v) is 4.89. The molecular formula is C10H9F3N2O2. The van der Waals surface area contributed by atoms with Crippen LogP contribution in [0.2, 0.25) is 0 Å². The number of aromatic nitrogens is 2. The Labute approximate surface area is 93.6 Å². The van der Waals surface area contributed by atoms with Crippen molar-refractivity contribution >= 4 is 10.9 Å². The molecule has 0 radical (unpaired) electrons. The van der Waals surface area contributed by atoms with Crippen molar-refractivity contribution in [2.75, 3.05) is 0 Å². The molecule has 17 heavy (non-hydrogen) atoms. The van der Waals surface area contributed by atoms with Gasteiger partial charge in [-0.2, -0.15) is 0 Å². The van der Waals surface area contributed by atoms with Crippen LogP contribution in [0.25, 0.3) is 10.9 Å². The molecule has 0 aliphatic heterocycles. The number of alkyl halides is 3. The highest BCUT2D eigenvalue weighted by Gasteiger charge is 2.32. The Kier molecular flexibility index (Phi) is 2.60. The zero-order chi connectivity index (χ0) is 12.6. The van der Waals surface area contributed by atoms with Crippen LogP contribution in [0.4, 0.5) is 13.2 Å². The van der Waals surface area contributed by atoms with Gasteiger partial charge in [-0.25, -0.2) is 0 Å². The van der Waals surface area contributed by atoms with Gasteiger partial charge in [0, 0.05) is 6.54 Å². The molecule has 1 aromatic heterocycles. The zero-order valence-electron chi connectivity index (χ0n) is 8.84. The second-order valence-electron chi connectivity index (χ2n) is 3.39. The molecule has 0 unspecified atom stereocenters. The molecule has 1 heterocycles. The van der Waals surface area contributed by atoms with Gasteiger partial charge in [-0.15, -0.1) is 13.2 Å². The Morgan fingerprint density at radius 2 is 2.12 bits per heavy atom. The van der Waals surface area contributed by atoms with E-state index in [4.69, 9.17) is 0 Å². The SMILES string of the molecule is CCn1[nH]c(=O)c2cccc(OC(F)(F)F)c21. The Morgan fingerprint density at radius 1 is 1.41 bits per heavy atom. The van der Waals surface area contributed by atoms with Crippen LogP contribution in [-0.4, -0.2) is 16.1 Å². The van der Waals surface area contributed by atoms with Crippen LogP contribution >= 0.6 is 0 Å². The number of ether oxygens (including phenoxy) is 1. The van der Waals surface area contributed by atoms with E-state index in [9.17, 15) is 18.0 Å². The van der Waals surface area contributed by atoms with E-state index in [2.05, 4.69) is 9.84 Å². The Bertz CT molecular complexity index is 598. The number of benzene rings is 1. The third kappa shape index (κ3) is 2.13. The van der Waals surface area contributed by atoms with Gasteiger partial charge in [-0.05, 0) is 19.1 Å². The summed E-state index contributed by atoms with van der Waals surface area (Å²) in [6, 6.07) is 3.97. The summed E-state index contributed by atoms with van der Waals surface area (Å²) in [6.45, 7) is 2.05. The molecule has 0 amide bonds. The van der Waals surface area contributed by atoms with Gasteiger partial charge in [0.25, 0.3) is 5.56 Å². The number of fused-ring (bicyclic) bond motifs is 1. The number of aryl methyl sites for hydroxylation is 1. The normalized spacial score (nSPS) is 12.0. The van der Waals surface area contributed by atoms with E-state index in [0.29, 0.717) is 6.54 Å². The highest BCUT2D eigenvalue weighted by atomic mass is 19.4. The number of nitrogens with zero attached hydrogens (tertiary/aromatic N) is 1. The van der Waals surface area contributed by atoms with E-state index >= 15 is 0 Å². The minimum atomic E-state index is -4.78. The second kappa shape index (κ2) is 3.83. The molecule has 0 aliphatic rings. The number of halogens is 3. The van der Waals surface area contributed by atoms with Crippen LogP contribution in [0, 0.1) is 0 Å². The molecule has 1 N–H and O–H groups in total. The molecule has 1 aromatic carbocycles. The molecule has 0 saturated carbocycles. The van der Waals surface area contributed by atoms with E-state index in [0.717, 1.165) is 0 Å². The van der Waals surface area contributed by atoms with Crippen molar-refractivity contribution in [3.05, 3.63) is 28.6 Å². The standard InChI is InChI=1S/C10H9F3N2O2/c1-2-15-8-6(9(16)14-15)4-3-5-7(8)17-10(11,12)13/h3-5H,2H2,1H3,(H,14,16). The van der Waals surface area contributed by atoms with Crippen LogP contribution in [0.3, 0.4) is 0 Å². The third-order valence-corrected chi connectivity index (χ3v) is 2.29. The highest BCUT2D eigenvalue weighted by molar-refractivity contribution is 5.84. The van der Waals surface area contributed by atoms with Gasteiger partial charge < -0.3 is 4.74 Å². The molecule has 2 rings (SSSR count). The van der Waals surface area contributed by atoms with Crippen molar-refractivity contribution in [2.45, 2.75) is 19.8 Å². The van der Waals surface area contributed by atoms with Crippen LogP contribution in [-0.2, 0) is 6.54 Å². The van der Waals surface area contributed by atoms with Gasteiger partial charge in [0.1, 0.15) is 5.52 Å². The average Bonchev–Trinajstić information content (AvgIpc) is 2.55. The number of aromatic amines is 1. The van der Waals surface area contributed by atoms with Crippen LogP contribution in [0.15, 0.2) is 23.0 Å². The number of hydrogen-bond acceptors (Lipinski definition) is 2. The van der Waals surface area contributed by atoms with Crippen molar-refractivity contribution in [3.63, 3.8) is 0 Å². The van der Waals surface area contributed by atoms with Crippen molar-refractivity contribution in [3.8, 4) is 5.75 Å². The Hall–Kier alpha value is -1.92. The van der Waals surface area contributed by atoms with Gasteiger partial charge in [0.2, 0.25) is 0 Å². The lowest BCUT2D eigenvalue weighted by molar-refractivity contribution is -0.274. The average molecular weight is 246 g/mol. The molecule has 0 fully saturated rings. The molecule has 4 nitrogen and oxygen atoms in total. The monoisotopic (exact) mass is 246 g/mol. The third-order valence-electron chi connectivity index (χ3n) is 2.29. The fraction of sp³-hybridized carbons (Fsp3) is 0.300. The van der Waals surface area contributed by atoms with Crippen LogP contribution < -0.4 is 10.3 Å². The minimum absolute atomic E-state index is 0.123. The second-order valence-corrected chi connectivity index (χ2v) is 3.39. The molecule has 0 aliphatic carbocycles. The smallest absolute Gasteiger partial charge is 0.403 e. The van der Waals surface area contributed by atoms with Gasteiger partial charge in [-0.3, -0.25) is 14.6 Å². The summed E-state index contributed by atoms with van der Waals surface area (Å²) in [7, 11) is 0. The van der Waals surface area contributed by atoms with E-state index in [1.165, 1.54) is 22.9 Å². The Morgan fingerprint density at radius 3 is 2.71 bits per heavy atom. The molecular weight excluding hydrogens is 237 g/mol. The summed E-state index contributed by atoms with van der Waals surface area (Å²) in [6.07, 6.45) is -4.78. The number of nitrogens with one attached hydrogen (secondary N) is 1. The first-order chi connectivity index (χ1) is 7.92. The maximum Gasteiger partial charge on any atom is 0.573 e. The van der Waals surface area contributed by atoms with Gasteiger partial charge in [-0.1, -0.05) is 6.07 Å². The maximum absolute atomic E-state index is 12.2. The minimum Gasteiger partial charge on any atom is -0.403 e. The van der Waals surface area contributed by atoms with E-state index in [1.807, 2.05) is 0 Å². The molecule has 0 atom stereocenters. The van der Waals surface area contributed by atoms with Gasteiger partial charge >= 0.3 is 6.36 Å².